The zero-order valence-electron chi connectivity index (χ0n) is 11.1. The molecule has 2 aromatic rings. The number of hydrogen-bond donors (Lipinski definition) is 1. The Morgan fingerprint density at radius 3 is 2.25 bits per heavy atom. The first-order valence-corrected chi connectivity index (χ1v) is 6.82. The molecule has 0 atom stereocenters. The molecular formula is C15H13NO3S. The van der Waals surface area contributed by atoms with Crippen molar-refractivity contribution in [2.45, 2.75) is 13.8 Å². The molecular weight excluding hydrogens is 274 g/mol. The van der Waals surface area contributed by atoms with E-state index in [1.807, 2.05) is 0 Å². The van der Waals surface area contributed by atoms with Crippen molar-refractivity contribution >= 4 is 34.5 Å². The maximum absolute atomic E-state index is 12.0. The molecule has 20 heavy (non-hydrogen) atoms. The van der Waals surface area contributed by atoms with Crippen molar-refractivity contribution in [2.75, 3.05) is 5.32 Å². The second kappa shape index (κ2) is 5.79. The average Bonchev–Trinajstić information content (AvgIpc) is 2.88. The third-order valence-corrected chi connectivity index (χ3v) is 3.89. The molecule has 0 saturated heterocycles. The van der Waals surface area contributed by atoms with Crippen molar-refractivity contribution in [3.8, 4) is 0 Å². The third kappa shape index (κ3) is 3.19. The lowest BCUT2D eigenvalue weighted by Gasteiger charge is -2.04. The van der Waals surface area contributed by atoms with E-state index in [0.29, 0.717) is 21.0 Å². The molecule has 0 aliphatic carbocycles. The smallest absolute Gasteiger partial charge is 0.265 e. The summed E-state index contributed by atoms with van der Waals surface area (Å²) in [6.07, 6.45) is 0. The predicted molar refractivity (Wildman–Crippen MR) is 78.7 cm³/mol. The van der Waals surface area contributed by atoms with Gasteiger partial charge in [-0.05, 0) is 38.1 Å². The Morgan fingerprint density at radius 1 is 0.950 bits per heavy atom. The summed E-state index contributed by atoms with van der Waals surface area (Å²) in [5, 5.41) is 2.71. The number of nitrogens with one attached hydrogen (secondary N) is 1. The van der Waals surface area contributed by atoms with Gasteiger partial charge in [0.2, 0.25) is 0 Å². The lowest BCUT2D eigenvalue weighted by atomic mass is 10.1. The number of amides is 1. The van der Waals surface area contributed by atoms with Gasteiger partial charge in [-0.25, -0.2) is 0 Å². The van der Waals surface area contributed by atoms with E-state index in [0.717, 1.165) is 11.3 Å². The fourth-order valence-electron chi connectivity index (χ4n) is 1.66. The van der Waals surface area contributed by atoms with Gasteiger partial charge in [0.15, 0.2) is 11.6 Å². The number of ketones is 2. The van der Waals surface area contributed by atoms with Crippen LogP contribution >= 0.6 is 11.3 Å². The second-order valence-corrected chi connectivity index (χ2v) is 5.39. The Kier molecular flexibility index (Phi) is 4.10. The van der Waals surface area contributed by atoms with Gasteiger partial charge in [-0.15, -0.1) is 11.3 Å². The van der Waals surface area contributed by atoms with E-state index in [-0.39, 0.29) is 17.5 Å². The highest BCUT2D eigenvalue weighted by atomic mass is 32.1. The Hall–Kier alpha value is -2.27. The van der Waals surface area contributed by atoms with Crippen LogP contribution in [-0.2, 0) is 0 Å². The van der Waals surface area contributed by atoms with Crippen LogP contribution in [0.4, 0.5) is 5.69 Å². The maximum atomic E-state index is 12.0. The SMILES string of the molecule is CC(=O)c1cccc(NC(=O)c2ccc(C(C)=O)s2)c1. The summed E-state index contributed by atoms with van der Waals surface area (Å²) < 4.78 is 0. The molecule has 1 amide bonds. The van der Waals surface area contributed by atoms with Crippen LogP contribution in [0.15, 0.2) is 36.4 Å². The Labute approximate surface area is 120 Å². The molecule has 5 heteroatoms. The average molecular weight is 287 g/mol. The van der Waals surface area contributed by atoms with E-state index in [1.54, 1.807) is 36.4 Å². The Balaban J connectivity index is 2.16. The zero-order chi connectivity index (χ0) is 14.7. The minimum Gasteiger partial charge on any atom is -0.321 e. The first kappa shape index (κ1) is 14.1. The van der Waals surface area contributed by atoms with Gasteiger partial charge in [-0.3, -0.25) is 14.4 Å². The van der Waals surface area contributed by atoms with Crippen LogP contribution in [0.2, 0.25) is 0 Å². The van der Waals surface area contributed by atoms with Crippen LogP contribution in [0.5, 0.6) is 0 Å². The van der Waals surface area contributed by atoms with Crippen LogP contribution < -0.4 is 5.32 Å². The van der Waals surface area contributed by atoms with Gasteiger partial charge in [0.25, 0.3) is 5.91 Å². The molecule has 0 aliphatic heterocycles. The van der Waals surface area contributed by atoms with Crippen LogP contribution in [0.1, 0.15) is 43.5 Å². The van der Waals surface area contributed by atoms with Gasteiger partial charge < -0.3 is 5.32 Å². The van der Waals surface area contributed by atoms with Crippen LogP contribution in [0.25, 0.3) is 0 Å². The number of carbonyl (C=O) groups is 3. The molecule has 1 heterocycles. The summed E-state index contributed by atoms with van der Waals surface area (Å²) in [6, 6.07) is 9.99. The van der Waals surface area contributed by atoms with Gasteiger partial charge in [0.1, 0.15) is 0 Å². The minimum atomic E-state index is -0.289. The molecule has 4 nitrogen and oxygen atoms in total. The third-order valence-electron chi connectivity index (χ3n) is 2.70. The summed E-state index contributed by atoms with van der Waals surface area (Å²) in [4.78, 5) is 35.5. The molecule has 102 valence electrons. The van der Waals surface area contributed by atoms with E-state index in [4.69, 9.17) is 0 Å². The van der Waals surface area contributed by atoms with Crippen molar-refractivity contribution in [3.05, 3.63) is 51.7 Å². The van der Waals surface area contributed by atoms with Gasteiger partial charge in [0, 0.05) is 11.3 Å². The molecule has 1 aromatic carbocycles. The van der Waals surface area contributed by atoms with Crippen molar-refractivity contribution < 1.29 is 14.4 Å². The molecule has 0 radical (unpaired) electrons. The highest BCUT2D eigenvalue weighted by Gasteiger charge is 2.12. The fraction of sp³-hybridized carbons (Fsp3) is 0.133. The van der Waals surface area contributed by atoms with Crippen molar-refractivity contribution in [1.29, 1.82) is 0 Å². The first-order chi connectivity index (χ1) is 9.47. The van der Waals surface area contributed by atoms with E-state index >= 15 is 0 Å². The number of rotatable bonds is 4. The largest absolute Gasteiger partial charge is 0.321 e. The van der Waals surface area contributed by atoms with Crippen molar-refractivity contribution in [3.63, 3.8) is 0 Å². The van der Waals surface area contributed by atoms with E-state index in [2.05, 4.69) is 5.32 Å². The lowest BCUT2D eigenvalue weighted by molar-refractivity contribution is 0.101. The number of hydrogen-bond acceptors (Lipinski definition) is 4. The van der Waals surface area contributed by atoms with E-state index in [9.17, 15) is 14.4 Å². The van der Waals surface area contributed by atoms with Gasteiger partial charge in [-0.2, -0.15) is 0 Å². The summed E-state index contributed by atoms with van der Waals surface area (Å²) >= 11 is 1.15. The number of anilines is 1. The molecule has 0 saturated carbocycles. The summed E-state index contributed by atoms with van der Waals surface area (Å²) in [6.45, 7) is 2.93. The topological polar surface area (TPSA) is 63.2 Å². The molecule has 0 aliphatic rings. The zero-order valence-corrected chi connectivity index (χ0v) is 11.9. The molecule has 0 unspecified atom stereocenters. The molecule has 1 aromatic heterocycles. The first-order valence-electron chi connectivity index (χ1n) is 6.00. The minimum absolute atomic E-state index is 0.0592. The lowest BCUT2D eigenvalue weighted by Crippen LogP contribution is -2.10. The highest BCUT2D eigenvalue weighted by Crippen LogP contribution is 2.19. The monoisotopic (exact) mass is 287 g/mol. The molecule has 1 N–H and O–H groups in total. The molecule has 0 spiro atoms. The van der Waals surface area contributed by atoms with Crippen LogP contribution in [-0.4, -0.2) is 17.5 Å². The number of carbonyl (C=O) groups excluding carboxylic acids is 3. The normalized spacial score (nSPS) is 10.1. The van der Waals surface area contributed by atoms with Crippen LogP contribution in [0, 0.1) is 0 Å². The summed E-state index contributed by atoms with van der Waals surface area (Å²) in [5.41, 5.74) is 1.10. The highest BCUT2D eigenvalue weighted by molar-refractivity contribution is 7.16. The Bertz CT molecular complexity index is 688. The predicted octanol–water partition coefficient (Wildman–Crippen LogP) is 3.41. The van der Waals surface area contributed by atoms with Crippen molar-refractivity contribution in [1.82, 2.24) is 0 Å². The molecule has 2 rings (SSSR count). The number of thiophene rings is 1. The van der Waals surface area contributed by atoms with Crippen molar-refractivity contribution in [2.24, 2.45) is 0 Å². The summed E-state index contributed by atoms with van der Waals surface area (Å²) in [5.74, 6) is -0.410. The Morgan fingerprint density at radius 2 is 1.65 bits per heavy atom. The molecule has 0 bridgehead atoms. The fourth-order valence-corrected chi connectivity index (χ4v) is 2.45. The van der Waals surface area contributed by atoms with E-state index < -0.39 is 0 Å². The maximum Gasteiger partial charge on any atom is 0.265 e. The molecule has 0 fully saturated rings. The van der Waals surface area contributed by atoms with Gasteiger partial charge in [0.05, 0.1) is 9.75 Å². The quantitative estimate of drug-likeness (QED) is 0.876. The van der Waals surface area contributed by atoms with E-state index in [1.165, 1.54) is 13.8 Å². The second-order valence-electron chi connectivity index (χ2n) is 4.31. The standard InChI is InChI=1S/C15H13NO3S/c1-9(17)11-4-3-5-12(8-11)16-15(19)14-7-6-13(20-14)10(2)18/h3-8H,1-2H3,(H,16,19). The summed E-state index contributed by atoms with van der Waals surface area (Å²) in [7, 11) is 0. The van der Waals surface area contributed by atoms with Crippen LogP contribution in [0.3, 0.4) is 0 Å². The van der Waals surface area contributed by atoms with Gasteiger partial charge >= 0.3 is 0 Å². The van der Waals surface area contributed by atoms with Gasteiger partial charge in [-0.1, -0.05) is 12.1 Å². The number of benzene rings is 1. The number of Topliss-reactive ketones (excluding diaryl/α,β-unsaturated/α-hetero) is 2.